The SMILES string of the molecule is Cc1onc(CO)c1C(=O)N1CCC(O)(Cc2cccc(F)c2)CC1. The molecule has 2 heterocycles. The first kappa shape index (κ1) is 17.6. The zero-order valence-electron chi connectivity index (χ0n) is 14.0. The number of piperidine rings is 1. The van der Waals surface area contributed by atoms with Crippen molar-refractivity contribution in [3.63, 3.8) is 0 Å². The van der Waals surface area contributed by atoms with Gasteiger partial charge in [-0.25, -0.2) is 4.39 Å². The number of aryl methyl sites for hydroxylation is 1. The fraction of sp³-hybridized carbons (Fsp3) is 0.444. The van der Waals surface area contributed by atoms with Gasteiger partial charge in [0.1, 0.15) is 22.8 Å². The molecule has 6 nitrogen and oxygen atoms in total. The van der Waals surface area contributed by atoms with Gasteiger partial charge >= 0.3 is 0 Å². The van der Waals surface area contributed by atoms with E-state index in [1.807, 2.05) is 0 Å². The first-order valence-electron chi connectivity index (χ1n) is 8.24. The van der Waals surface area contributed by atoms with E-state index in [-0.39, 0.29) is 29.6 Å². The van der Waals surface area contributed by atoms with Crippen LogP contribution in [0.5, 0.6) is 0 Å². The molecule has 1 saturated heterocycles. The molecular weight excluding hydrogens is 327 g/mol. The molecule has 3 rings (SSSR count). The summed E-state index contributed by atoms with van der Waals surface area (Å²) >= 11 is 0. The van der Waals surface area contributed by atoms with E-state index in [0.717, 1.165) is 5.56 Å². The number of likely N-dealkylation sites (tertiary alicyclic amines) is 1. The van der Waals surface area contributed by atoms with Crippen LogP contribution in [0.4, 0.5) is 4.39 Å². The van der Waals surface area contributed by atoms with Crippen LogP contribution in [0.25, 0.3) is 0 Å². The molecule has 1 amide bonds. The van der Waals surface area contributed by atoms with Crippen LogP contribution in [-0.2, 0) is 13.0 Å². The van der Waals surface area contributed by atoms with Gasteiger partial charge < -0.3 is 19.6 Å². The molecule has 0 aliphatic carbocycles. The second-order valence-corrected chi connectivity index (χ2v) is 6.54. The number of aromatic nitrogens is 1. The number of aliphatic hydroxyl groups excluding tert-OH is 1. The lowest BCUT2D eigenvalue weighted by Gasteiger charge is -2.38. The third-order valence-corrected chi connectivity index (χ3v) is 4.70. The van der Waals surface area contributed by atoms with E-state index in [2.05, 4.69) is 5.16 Å². The fourth-order valence-electron chi connectivity index (χ4n) is 3.29. The van der Waals surface area contributed by atoms with Gasteiger partial charge in [-0.3, -0.25) is 4.79 Å². The van der Waals surface area contributed by atoms with Crippen molar-refractivity contribution in [1.29, 1.82) is 0 Å². The molecule has 1 aliphatic rings. The summed E-state index contributed by atoms with van der Waals surface area (Å²) in [4.78, 5) is 14.3. The average Bonchev–Trinajstić information content (AvgIpc) is 2.95. The van der Waals surface area contributed by atoms with E-state index >= 15 is 0 Å². The van der Waals surface area contributed by atoms with Crippen molar-refractivity contribution in [2.75, 3.05) is 13.1 Å². The highest BCUT2D eigenvalue weighted by atomic mass is 19.1. The summed E-state index contributed by atoms with van der Waals surface area (Å²) in [5.74, 6) is -0.210. The Labute approximate surface area is 144 Å². The molecule has 0 saturated carbocycles. The first-order valence-corrected chi connectivity index (χ1v) is 8.24. The second kappa shape index (κ2) is 6.93. The van der Waals surface area contributed by atoms with Gasteiger partial charge in [0.25, 0.3) is 5.91 Å². The molecule has 0 bridgehead atoms. The zero-order chi connectivity index (χ0) is 18.0. The highest BCUT2D eigenvalue weighted by Gasteiger charge is 2.35. The summed E-state index contributed by atoms with van der Waals surface area (Å²) in [6.07, 6.45) is 1.14. The molecule has 1 fully saturated rings. The third kappa shape index (κ3) is 3.72. The number of nitrogens with zero attached hydrogens (tertiary/aromatic N) is 2. The lowest BCUT2D eigenvalue weighted by Crippen LogP contribution is -2.48. The minimum atomic E-state index is -0.964. The summed E-state index contributed by atoms with van der Waals surface area (Å²) in [5.41, 5.74) is 0.287. The van der Waals surface area contributed by atoms with Crippen LogP contribution < -0.4 is 0 Å². The molecule has 0 unspecified atom stereocenters. The summed E-state index contributed by atoms with van der Waals surface area (Å²) in [7, 11) is 0. The number of carbonyl (C=O) groups excluding carboxylic acids is 1. The average molecular weight is 348 g/mol. The first-order chi connectivity index (χ1) is 11.9. The van der Waals surface area contributed by atoms with Crippen LogP contribution in [0.3, 0.4) is 0 Å². The monoisotopic (exact) mass is 348 g/mol. The molecule has 1 aromatic heterocycles. The summed E-state index contributed by atoms with van der Waals surface area (Å²) in [5, 5.41) is 23.7. The number of hydrogen-bond acceptors (Lipinski definition) is 5. The molecule has 0 spiro atoms. The van der Waals surface area contributed by atoms with Gasteiger partial charge in [0.05, 0.1) is 12.2 Å². The molecule has 7 heteroatoms. The highest BCUT2D eigenvalue weighted by Crippen LogP contribution is 2.28. The Kier molecular flexibility index (Phi) is 4.87. The number of halogens is 1. The Morgan fingerprint density at radius 2 is 2.12 bits per heavy atom. The molecule has 1 aliphatic heterocycles. The van der Waals surface area contributed by atoms with Crippen LogP contribution in [-0.4, -0.2) is 44.9 Å². The van der Waals surface area contributed by atoms with Gasteiger partial charge in [-0.05, 0) is 37.5 Å². The molecule has 2 aromatic rings. The molecular formula is C18H21FN2O4. The van der Waals surface area contributed by atoms with Crippen molar-refractivity contribution in [2.24, 2.45) is 0 Å². The molecule has 134 valence electrons. The van der Waals surface area contributed by atoms with Crippen LogP contribution in [0.2, 0.25) is 0 Å². The van der Waals surface area contributed by atoms with Gasteiger partial charge in [0.2, 0.25) is 0 Å². The van der Waals surface area contributed by atoms with Gasteiger partial charge in [-0.15, -0.1) is 0 Å². The van der Waals surface area contributed by atoms with Gasteiger partial charge in [-0.1, -0.05) is 17.3 Å². The zero-order valence-corrected chi connectivity index (χ0v) is 14.0. The van der Waals surface area contributed by atoms with E-state index < -0.39 is 5.60 Å². The van der Waals surface area contributed by atoms with Gasteiger partial charge in [-0.2, -0.15) is 0 Å². The van der Waals surface area contributed by atoms with Crippen LogP contribution in [0.15, 0.2) is 28.8 Å². The Morgan fingerprint density at radius 3 is 2.76 bits per heavy atom. The van der Waals surface area contributed by atoms with Gasteiger partial charge in [0.15, 0.2) is 0 Å². The van der Waals surface area contributed by atoms with E-state index in [4.69, 9.17) is 4.52 Å². The maximum absolute atomic E-state index is 13.3. The predicted octanol–water partition coefficient (Wildman–Crippen LogP) is 1.82. The van der Waals surface area contributed by atoms with E-state index in [1.54, 1.807) is 24.0 Å². The van der Waals surface area contributed by atoms with E-state index in [9.17, 15) is 19.4 Å². The highest BCUT2D eigenvalue weighted by molar-refractivity contribution is 5.96. The lowest BCUT2D eigenvalue weighted by molar-refractivity contribution is -0.0163. The molecule has 0 radical (unpaired) electrons. The number of amides is 1. The third-order valence-electron chi connectivity index (χ3n) is 4.70. The van der Waals surface area contributed by atoms with Crippen LogP contribution >= 0.6 is 0 Å². The van der Waals surface area contributed by atoms with Crippen molar-refractivity contribution in [3.05, 3.63) is 52.7 Å². The quantitative estimate of drug-likeness (QED) is 0.880. The Balaban J connectivity index is 1.66. The standard InChI is InChI=1S/C18H21FN2O4/c1-12-16(15(11-22)20-25-12)17(23)21-7-5-18(24,6-8-21)10-13-3-2-4-14(19)9-13/h2-4,9,22,24H,5-8,10-11H2,1H3. The smallest absolute Gasteiger partial charge is 0.259 e. The Bertz CT molecular complexity index is 766. The Morgan fingerprint density at radius 1 is 1.40 bits per heavy atom. The Hall–Kier alpha value is -2.25. The van der Waals surface area contributed by atoms with Crippen molar-refractivity contribution in [1.82, 2.24) is 10.1 Å². The number of rotatable bonds is 4. The van der Waals surface area contributed by atoms with Crippen molar-refractivity contribution < 1.29 is 23.9 Å². The predicted molar refractivity (Wildman–Crippen MR) is 87.4 cm³/mol. The number of hydrogen-bond donors (Lipinski definition) is 2. The summed E-state index contributed by atoms with van der Waals surface area (Å²) in [6.45, 7) is 2.01. The molecule has 0 atom stereocenters. The molecule has 25 heavy (non-hydrogen) atoms. The van der Waals surface area contributed by atoms with E-state index in [1.165, 1.54) is 12.1 Å². The van der Waals surface area contributed by atoms with E-state index in [0.29, 0.717) is 38.1 Å². The van der Waals surface area contributed by atoms with Crippen molar-refractivity contribution in [2.45, 2.75) is 38.4 Å². The topological polar surface area (TPSA) is 86.8 Å². The normalized spacial score (nSPS) is 16.9. The lowest BCUT2D eigenvalue weighted by atomic mass is 9.85. The van der Waals surface area contributed by atoms with Crippen LogP contribution in [0, 0.1) is 12.7 Å². The molecule has 1 aromatic carbocycles. The molecule has 2 N–H and O–H groups in total. The van der Waals surface area contributed by atoms with Crippen molar-refractivity contribution in [3.8, 4) is 0 Å². The minimum Gasteiger partial charge on any atom is -0.390 e. The fourth-order valence-corrected chi connectivity index (χ4v) is 3.29. The summed E-state index contributed by atoms with van der Waals surface area (Å²) in [6, 6.07) is 6.20. The summed E-state index contributed by atoms with van der Waals surface area (Å²) < 4.78 is 18.3. The maximum Gasteiger partial charge on any atom is 0.259 e. The minimum absolute atomic E-state index is 0.225. The number of carbonyl (C=O) groups is 1. The number of benzene rings is 1. The van der Waals surface area contributed by atoms with Crippen LogP contribution in [0.1, 0.15) is 40.2 Å². The largest absolute Gasteiger partial charge is 0.390 e. The number of aliphatic hydroxyl groups is 2. The van der Waals surface area contributed by atoms with Crippen molar-refractivity contribution >= 4 is 5.91 Å². The second-order valence-electron chi connectivity index (χ2n) is 6.54. The maximum atomic E-state index is 13.3. The van der Waals surface area contributed by atoms with Gasteiger partial charge in [0, 0.05) is 19.5 Å².